The molecule has 2 aliphatic heterocycles. The SMILES string of the molecule is C#CCCCCOc1ccc(C2CCN(C3=Nn4c(nnc4C(F)(F)F)CC3)CC2)cc1. The van der Waals surface area contributed by atoms with E-state index < -0.39 is 12.0 Å². The fourth-order valence-corrected chi connectivity index (χ4v) is 4.19. The Hall–Kier alpha value is -3.02. The highest BCUT2D eigenvalue weighted by Crippen LogP contribution is 2.32. The standard InChI is InChI=1S/C23H26F3N5O/c1-2-3-4-5-16-32-19-8-6-17(7-9-19)18-12-14-30(15-13-18)21-11-10-20-27-28-22(23(24,25)26)31(20)29-21/h1,6-9,18H,3-5,10-16H2. The summed E-state index contributed by atoms with van der Waals surface area (Å²) in [6, 6.07) is 8.21. The van der Waals surface area contributed by atoms with Crippen molar-refractivity contribution >= 4 is 5.84 Å². The van der Waals surface area contributed by atoms with Crippen molar-refractivity contribution in [2.45, 2.75) is 57.0 Å². The van der Waals surface area contributed by atoms with Crippen LogP contribution in [0.2, 0.25) is 0 Å². The predicted molar refractivity (Wildman–Crippen MR) is 114 cm³/mol. The molecule has 1 saturated heterocycles. The molecular formula is C23H26F3N5O. The van der Waals surface area contributed by atoms with Gasteiger partial charge in [0.25, 0.3) is 5.82 Å². The van der Waals surface area contributed by atoms with Gasteiger partial charge in [-0.2, -0.15) is 22.9 Å². The number of alkyl halides is 3. The largest absolute Gasteiger partial charge is 0.494 e. The van der Waals surface area contributed by atoms with Crippen LogP contribution < -0.4 is 4.74 Å². The third-order valence-corrected chi connectivity index (χ3v) is 5.94. The molecule has 0 bridgehead atoms. The van der Waals surface area contributed by atoms with Crippen molar-refractivity contribution in [3.8, 4) is 18.1 Å². The maximum absolute atomic E-state index is 13.1. The minimum atomic E-state index is -4.57. The van der Waals surface area contributed by atoms with E-state index >= 15 is 0 Å². The van der Waals surface area contributed by atoms with Crippen molar-refractivity contribution in [2.75, 3.05) is 19.7 Å². The van der Waals surface area contributed by atoms with Crippen molar-refractivity contribution in [3.05, 3.63) is 41.5 Å². The van der Waals surface area contributed by atoms with Gasteiger partial charge >= 0.3 is 6.18 Å². The molecule has 0 radical (unpaired) electrons. The Labute approximate surface area is 185 Å². The van der Waals surface area contributed by atoms with Crippen molar-refractivity contribution in [1.82, 2.24) is 19.8 Å². The lowest BCUT2D eigenvalue weighted by Crippen LogP contribution is -2.40. The van der Waals surface area contributed by atoms with Crippen molar-refractivity contribution in [2.24, 2.45) is 5.10 Å². The minimum Gasteiger partial charge on any atom is -0.494 e. The van der Waals surface area contributed by atoms with Gasteiger partial charge in [0.1, 0.15) is 11.6 Å². The van der Waals surface area contributed by atoms with Crippen LogP contribution in [0.1, 0.15) is 61.7 Å². The third kappa shape index (κ3) is 5.06. The topological polar surface area (TPSA) is 55.5 Å². The molecule has 170 valence electrons. The summed E-state index contributed by atoms with van der Waals surface area (Å²) in [6.07, 6.45) is 6.20. The second kappa shape index (κ2) is 9.63. The molecule has 2 aliphatic rings. The number of hydrogen-bond donors (Lipinski definition) is 0. The molecule has 0 spiro atoms. The first kappa shape index (κ1) is 22.2. The van der Waals surface area contributed by atoms with Gasteiger partial charge in [-0.1, -0.05) is 12.1 Å². The second-order valence-electron chi connectivity index (χ2n) is 8.11. The van der Waals surface area contributed by atoms with E-state index in [1.807, 2.05) is 12.1 Å². The average Bonchev–Trinajstić information content (AvgIpc) is 3.23. The number of fused-ring (bicyclic) bond motifs is 1. The number of hydrogen-bond acceptors (Lipinski definition) is 5. The molecule has 1 fully saturated rings. The second-order valence-corrected chi connectivity index (χ2v) is 8.11. The first-order valence-corrected chi connectivity index (χ1v) is 11.0. The monoisotopic (exact) mass is 445 g/mol. The molecule has 0 N–H and O–H groups in total. The lowest BCUT2D eigenvalue weighted by Gasteiger charge is -2.35. The summed E-state index contributed by atoms with van der Waals surface area (Å²) >= 11 is 0. The van der Waals surface area contributed by atoms with Gasteiger partial charge in [0.05, 0.1) is 6.61 Å². The van der Waals surface area contributed by atoms with Gasteiger partial charge < -0.3 is 9.64 Å². The molecule has 0 saturated carbocycles. The van der Waals surface area contributed by atoms with Crippen LogP contribution in [0.5, 0.6) is 5.75 Å². The number of unbranched alkanes of at least 4 members (excludes halogenated alkanes) is 2. The van der Waals surface area contributed by atoms with E-state index in [4.69, 9.17) is 11.2 Å². The Bertz CT molecular complexity index is 983. The van der Waals surface area contributed by atoms with Gasteiger partial charge in [0, 0.05) is 32.4 Å². The molecule has 4 rings (SSSR count). The first-order valence-electron chi connectivity index (χ1n) is 11.0. The number of ether oxygens (including phenoxy) is 1. The number of terminal acetylenes is 1. The van der Waals surface area contributed by atoms with Gasteiger partial charge in [0.15, 0.2) is 5.82 Å². The molecule has 0 unspecified atom stereocenters. The molecule has 1 aromatic heterocycles. The van der Waals surface area contributed by atoms with E-state index in [-0.39, 0.29) is 5.82 Å². The number of rotatable bonds is 6. The van der Waals surface area contributed by atoms with Crippen LogP contribution in [0.25, 0.3) is 0 Å². The summed E-state index contributed by atoms with van der Waals surface area (Å²) in [7, 11) is 0. The Morgan fingerprint density at radius 2 is 1.81 bits per heavy atom. The van der Waals surface area contributed by atoms with Gasteiger partial charge in [-0.3, -0.25) is 0 Å². The number of piperidine rings is 1. The number of amidine groups is 1. The highest BCUT2D eigenvalue weighted by molar-refractivity contribution is 5.83. The van der Waals surface area contributed by atoms with Gasteiger partial charge in [-0.25, -0.2) is 0 Å². The van der Waals surface area contributed by atoms with Gasteiger partial charge in [0.2, 0.25) is 0 Å². The number of halogens is 3. The van der Waals surface area contributed by atoms with E-state index in [1.165, 1.54) is 5.56 Å². The van der Waals surface area contributed by atoms with Crippen LogP contribution in [0.15, 0.2) is 29.4 Å². The maximum atomic E-state index is 13.1. The molecule has 0 amide bonds. The molecular weight excluding hydrogens is 419 g/mol. The summed E-state index contributed by atoms with van der Waals surface area (Å²) in [5, 5.41) is 11.2. The molecule has 3 heterocycles. The lowest BCUT2D eigenvalue weighted by molar-refractivity contribution is -0.147. The molecule has 32 heavy (non-hydrogen) atoms. The zero-order valence-corrected chi connectivity index (χ0v) is 17.8. The van der Waals surface area contributed by atoms with Crippen LogP contribution in [-0.4, -0.2) is 45.3 Å². The molecule has 2 aromatic rings. The van der Waals surface area contributed by atoms with E-state index in [9.17, 15) is 13.2 Å². The quantitative estimate of drug-likeness (QED) is 0.487. The number of benzene rings is 1. The lowest BCUT2D eigenvalue weighted by atomic mass is 9.89. The van der Waals surface area contributed by atoms with Crippen LogP contribution in [0, 0.1) is 12.3 Å². The molecule has 0 aliphatic carbocycles. The van der Waals surface area contributed by atoms with Crippen LogP contribution in [0.3, 0.4) is 0 Å². The van der Waals surface area contributed by atoms with E-state index in [0.717, 1.165) is 55.6 Å². The first-order chi connectivity index (χ1) is 15.5. The van der Waals surface area contributed by atoms with E-state index in [1.54, 1.807) is 0 Å². The Balaban J connectivity index is 1.32. The zero-order chi connectivity index (χ0) is 22.6. The summed E-state index contributed by atoms with van der Waals surface area (Å²) in [4.78, 5) is 2.09. The van der Waals surface area contributed by atoms with Gasteiger partial charge in [-0.05, 0) is 49.3 Å². The van der Waals surface area contributed by atoms with E-state index in [0.29, 0.717) is 31.2 Å². The van der Waals surface area contributed by atoms with Crippen molar-refractivity contribution in [3.63, 3.8) is 0 Å². The Morgan fingerprint density at radius 1 is 1.06 bits per heavy atom. The van der Waals surface area contributed by atoms with E-state index in [2.05, 4.69) is 38.3 Å². The fraction of sp³-hybridized carbons (Fsp3) is 0.522. The van der Waals surface area contributed by atoms with Gasteiger partial charge in [-0.15, -0.1) is 22.5 Å². The van der Waals surface area contributed by atoms with Crippen molar-refractivity contribution in [1.29, 1.82) is 0 Å². The molecule has 9 heteroatoms. The summed E-state index contributed by atoms with van der Waals surface area (Å²) in [6.45, 7) is 2.18. The Kier molecular flexibility index (Phi) is 6.68. The Morgan fingerprint density at radius 3 is 2.50 bits per heavy atom. The molecule has 1 aromatic carbocycles. The van der Waals surface area contributed by atoms with Crippen LogP contribution in [0.4, 0.5) is 13.2 Å². The van der Waals surface area contributed by atoms with Crippen LogP contribution >= 0.6 is 0 Å². The zero-order valence-electron chi connectivity index (χ0n) is 17.8. The number of likely N-dealkylation sites (tertiary alicyclic amines) is 1. The summed E-state index contributed by atoms with van der Waals surface area (Å²) in [5.74, 6) is 3.77. The highest BCUT2D eigenvalue weighted by atomic mass is 19.4. The minimum absolute atomic E-state index is 0.259. The molecule has 0 atom stereocenters. The number of aromatic nitrogens is 3. The smallest absolute Gasteiger partial charge is 0.453 e. The van der Waals surface area contributed by atoms with Crippen LogP contribution in [-0.2, 0) is 12.6 Å². The highest BCUT2D eigenvalue weighted by Gasteiger charge is 2.40. The average molecular weight is 445 g/mol. The maximum Gasteiger partial charge on any atom is 0.453 e. The predicted octanol–water partition coefficient (Wildman–Crippen LogP) is 4.47. The number of nitrogens with zero attached hydrogens (tertiary/aromatic N) is 5. The summed E-state index contributed by atoms with van der Waals surface area (Å²) in [5.41, 5.74) is 1.26. The normalized spacial score (nSPS) is 16.9. The molecule has 6 nitrogen and oxygen atoms in total. The fourth-order valence-electron chi connectivity index (χ4n) is 4.19. The number of aryl methyl sites for hydroxylation is 1. The third-order valence-electron chi connectivity index (χ3n) is 5.94. The summed E-state index contributed by atoms with van der Waals surface area (Å²) < 4.78 is 46.0. The van der Waals surface area contributed by atoms with Crippen molar-refractivity contribution < 1.29 is 17.9 Å².